The molecule has 2 heterocycles. The highest BCUT2D eigenvalue weighted by molar-refractivity contribution is 5.69. The van der Waals surface area contributed by atoms with Gasteiger partial charge in [0.25, 0.3) is 0 Å². The van der Waals surface area contributed by atoms with E-state index in [0.717, 1.165) is 39.9 Å². The Morgan fingerprint density at radius 3 is 2.45 bits per heavy atom. The summed E-state index contributed by atoms with van der Waals surface area (Å²) >= 11 is 0. The molecule has 0 spiro atoms. The smallest absolute Gasteiger partial charge is 0.161 e. The van der Waals surface area contributed by atoms with Crippen molar-refractivity contribution in [1.29, 1.82) is 0 Å². The summed E-state index contributed by atoms with van der Waals surface area (Å²) in [5.74, 6) is 2.92. The first-order valence-corrected chi connectivity index (χ1v) is 9.12. The van der Waals surface area contributed by atoms with Crippen molar-refractivity contribution in [3.8, 4) is 28.5 Å². The van der Waals surface area contributed by atoms with Crippen LogP contribution in [-0.4, -0.2) is 35.9 Å². The molecule has 148 valence electrons. The van der Waals surface area contributed by atoms with Gasteiger partial charge in [0.1, 0.15) is 11.6 Å². The minimum atomic E-state index is 0.654. The van der Waals surface area contributed by atoms with E-state index in [1.165, 1.54) is 0 Å². The molecule has 0 aliphatic heterocycles. The molecule has 0 aliphatic rings. The maximum atomic E-state index is 5.42. The summed E-state index contributed by atoms with van der Waals surface area (Å²) in [5.41, 5.74) is 4.25. The highest BCUT2D eigenvalue weighted by atomic mass is 16.5. The molecule has 0 bridgehead atoms. The van der Waals surface area contributed by atoms with Gasteiger partial charge in [0.2, 0.25) is 0 Å². The van der Waals surface area contributed by atoms with Crippen molar-refractivity contribution < 1.29 is 14.2 Å². The van der Waals surface area contributed by atoms with Crippen LogP contribution in [0, 0.1) is 6.92 Å². The van der Waals surface area contributed by atoms with Gasteiger partial charge < -0.3 is 19.5 Å². The van der Waals surface area contributed by atoms with Gasteiger partial charge in [0.15, 0.2) is 17.1 Å². The molecule has 29 heavy (non-hydrogen) atoms. The third-order valence-electron chi connectivity index (χ3n) is 4.58. The maximum absolute atomic E-state index is 5.42. The third-order valence-corrected chi connectivity index (χ3v) is 4.58. The van der Waals surface area contributed by atoms with Crippen molar-refractivity contribution in [1.82, 2.24) is 14.6 Å². The molecule has 1 N–H and O–H groups in total. The second-order valence-electron chi connectivity index (χ2n) is 6.51. The van der Waals surface area contributed by atoms with Crippen molar-refractivity contribution in [2.24, 2.45) is 0 Å². The van der Waals surface area contributed by atoms with E-state index in [1.54, 1.807) is 25.8 Å². The second-order valence-corrected chi connectivity index (χ2v) is 6.51. The largest absolute Gasteiger partial charge is 0.497 e. The van der Waals surface area contributed by atoms with Crippen molar-refractivity contribution in [3.05, 3.63) is 60.3 Å². The zero-order valence-corrected chi connectivity index (χ0v) is 16.8. The highest BCUT2D eigenvalue weighted by Gasteiger charge is 2.13. The first kappa shape index (κ1) is 18.6. The number of nitrogens with one attached hydrogen (secondary N) is 1. The van der Waals surface area contributed by atoms with E-state index in [2.05, 4.69) is 10.3 Å². The number of hydrogen-bond donors (Lipinski definition) is 1. The van der Waals surface area contributed by atoms with Crippen LogP contribution >= 0.6 is 0 Å². The van der Waals surface area contributed by atoms with Crippen LogP contribution in [0.4, 0.5) is 11.5 Å². The zero-order chi connectivity index (χ0) is 20.4. The molecule has 0 saturated carbocycles. The minimum Gasteiger partial charge on any atom is -0.497 e. The predicted octanol–water partition coefficient (Wildman–Crippen LogP) is 4.47. The fourth-order valence-electron chi connectivity index (χ4n) is 3.17. The van der Waals surface area contributed by atoms with Crippen LogP contribution < -0.4 is 19.5 Å². The summed E-state index contributed by atoms with van der Waals surface area (Å²) in [6.45, 7) is 1.96. The van der Waals surface area contributed by atoms with Crippen LogP contribution in [0.3, 0.4) is 0 Å². The first-order valence-electron chi connectivity index (χ1n) is 9.12. The van der Waals surface area contributed by atoms with E-state index in [1.807, 2.05) is 61.5 Å². The Labute approximate surface area is 168 Å². The average molecular weight is 390 g/mol. The maximum Gasteiger partial charge on any atom is 0.161 e. The van der Waals surface area contributed by atoms with Gasteiger partial charge in [-0.3, -0.25) is 0 Å². The van der Waals surface area contributed by atoms with Crippen LogP contribution in [0.5, 0.6) is 17.2 Å². The SMILES string of the molecule is COc1cccc(Nc2cc(C)nc3cc(-c4ccc(OC)c(OC)c4)nn23)c1. The summed E-state index contributed by atoms with van der Waals surface area (Å²) in [6, 6.07) is 17.4. The van der Waals surface area contributed by atoms with E-state index in [9.17, 15) is 0 Å². The van der Waals surface area contributed by atoms with Crippen molar-refractivity contribution in [3.63, 3.8) is 0 Å². The standard InChI is InChI=1S/C22H22N4O3/c1-14-10-21(24-16-6-5-7-17(12-16)27-2)26-22(23-14)13-18(25-26)15-8-9-19(28-3)20(11-15)29-4/h5-13,24H,1-4H3. The molecule has 0 atom stereocenters. The van der Waals surface area contributed by atoms with Crippen LogP contribution in [0.15, 0.2) is 54.6 Å². The van der Waals surface area contributed by atoms with Gasteiger partial charge >= 0.3 is 0 Å². The number of fused-ring (bicyclic) bond motifs is 1. The van der Waals surface area contributed by atoms with Crippen LogP contribution in [-0.2, 0) is 0 Å². The molecule has 0 fully saturated rings. The van der Waals surface area contributed by atoms with Crippen LogP contribution in [0.25, 0.3) is 16.9 Å². The fraction of sp³-hybridized carbons (Fsp3) is 0.182. The molecule has 7 nitrogen and oxygen atoms in total. The molecule has 0 aliphatic carbocycles. The summed E-state index contributed by atoms with van der Waals surface area (Å²) < 4.78 is 17.8. The quantitative estimate of drug-likeness (QED) is 0.524. The molecule has 0 unspecified atom stereocenters. The topological polar surface area (TPSA) is 69.9 Å². The normalized spacial score (nSPS) is 10.8. The zero-order valence-electron chi connectivity index (χ0n) is 16.8. The second kappa shape index (κ2) is 7.71. The van der Waals surface area contributed by atoms with Gasteiger partial charge in [-0.25, -0.2) is 4.98 Å². The summed E-state index contributed by atoms with van der Waals surface area (Å²) in [7, 11) is 4.88. The van der Waals surface area contributed by atoms with E-state index in [-0.39, 0.29) is 0 Å². The van der Waals surface area contributed by atoms with Gasteiger partial charge in [0, 0.05) is 35.1 Å². The van der Waals surface area contributed by atoms with Gasteiger partial charge in [-0.2, -0.15) is 9.61 Å². The number of rotatable bonds is 6. The van der Waals surface area contributed by atoms with Gasteiger partial charge in [-0.05, 0) is 37.3 Å². The predicted molar refractivity (Wildman–Crippen MR) is 113 cm³/mol. The van der Waals surface area contributed by atoms with Crippen LogP contribution in [0.1, 0.15) is 5.69 Å². The number of ether oxygens (including phenoxy) is 3. The lowest BCUT2D eigenvalue weighted by molar-refractivity contribution is 0.355. The van der Waals surface area contributed by atoms with Crippen molar-refractivity contribution in [2.45, 2.75) is 6.92 Å². The molecule has 4 rings (SSSR count). The summed E-state index contributed by atoms with van der Waals surface area (Å²) in [6.07, 6.45) is 0. The Hall–Kier alpha value is -3.74. The Morgan fingerprint density at radius 2 is 1.69 bits per heavy atom. The van der Waals surface area contributed by atoms with E-state index in [0.29, 0.717) is 11.5 Å². The fourth-order valence-corrected chi connectivity index (χ4v) is 3.17. The van der Waals surface area contributed by atoms with Gasteiger partial charge in [-0.15, -0.1) is 0 Å². The molecular formula is C22H22N4O3. The van der Waals surface area contributed by atoms with Crippen molar-refractivity contribution >= 4 is 17.2 Å². The lowest BCUT2D eigenvalue weighted by Gasteiger charge is -2.10. The molecule has 7 heteroatoms. The molecule has 0 radical (unpaired) electrons. The number of methoxy groups -OCH3 is 3. The first-order chi connectivity index (χ1) is 14.1. The monoisotopic (exact) mass is 390 g/mol. The lowest BCUT2D eigenvalue weighted by atomic mass is 10.1. The van der Waals surface area contributed by atoms with E-state index in [4.69, 9.17) is 19.3 Å². The molecule has 2 aromatic heterocycles. The van der Waals surface area contributed by atoms with E-state index >= 15 is 0 Å². The molecule has 0 amide bonds. The number of aromatic nitrogens is 3. The number of anilines is 2. The number of nitrogens with zero attached hydrogens (tertiary/aromatic N) is 3. The molecular weight excluding hydrogens is 368 g/mol. The number of hydrogen-bond acceptors (Lipinski definition) is 6. The molecule has 0 saturated heterocycles. The Balaban J connectivity index is 1.77. The van der Waals surface area contributed by atoms with Gasteiger partial charge in [-0.1, -0.05) is 6.07 Å². The Morgan fingerprint density at radius 1 is 0.862 bits per heavy atom. The number of aryl methyl sites for hydroxylation is 1. The third kappa shape index (κ3) is 3.67. The summed E-state index contributed by atoms with van der Waals surface area (Å²) in [5, 5.41) is 8.16. The Kier molecular flexibility index (Phi) is 4.95. The average Bonchev–Trinajstić information content (AvgIpc) is 3.17. The van der Waals surface area contributed by atoms with Crippen molar-refractivity contribution in [2.75, 3.05) is 26.6 Å². The molecule has 4 aromatic rings. The minimum absolute atomic E-state index is 0.654. The lowest BCUT2D eigenvalue weighted by Crippen LogP contribution is -2.02. The van der Waals surface area contributed by atoms with Crippen LogP contribution in [0.2, 0.25) is 0 Å². The highest BCUT2D eigenvalue weighted by Crippen LogP contribution is 2.32. The number of benzene rings is 2. The molecule has 2 aromatic carbocycles. The summed E-state index contributed by atoms with van der Waals surface area (Å²) in [4.78, 5) is 4.61. The Bertz CT molecular complexity index is 1170. The van der Waals surface area contributed by atoms with E-state index < -0.39 is 0 Å². The van der Waals surface area contributed by atoms with Gasteiger partial charge in [0.05, 0.1) is 27.0 Å².